The van der Waals surface area contributed by atoms with Crippen LogP contribution >= 0.6 is 0 Å². The van der Waals surface area contributed by atoms with Crippen molar-refractivity contribution in [3.05, 3.63) is 29.8 Å². The zero-order valence-electron chi connectivity index (χ0n) is 19.3. The van der Waals surface area contributed by atoms with Crippen molar-refractivity contribution in [1.82, 2.24) is 14.7 Å². The first-order valence-electron chi connectivity index (χ1n) is 12.1. The summed E-state index contributed by atoms with van der Waals surface area (Å²) < 4.78 is 6.16. The second kappa shape index (κ2) is 10.2. The fourth-order valence-corrected chi connectivity index (χ4v) is 5.24. The minimum absolute atomic E-state index is 0.0114. The average molecular weight is 444 g/mol. The van der Waals surface area contributed by atoms with E-state index in [-0.39, 0.29) is 29.8 Å². The largest absolute Gasteiger partial charge is 0.491 e. The molecule has 4 aliphatic heterocycles. The minimum atomic E-state index is -0.0968. The zero-order chi connectivity index (χ0) is 22.6. The highest BCUT2D eigenvalue weighted by molar-refractivity contribution is 5.83. The topological polar surface area (TPSA) is 73.3 Å². The van der Waals surface area contributed by atoms with Gasteiger partial charge in [-0.1, -0.05) is 24.6 Å². The predicted molar refractivity (Wildman–Crippen MR) is 122 cm³/mol. The van der Waals surface area contributed by atoms with E-state index < -0.39 is 0 Å². The van der Waals surface area contributed by atoms with Crippen LogP contribution in [0.15, 0.2) is 24.3 Å². The Morgan fingerprint density at radius 3 is 2.50 bits per heavy atom. The van der Waals surface area contributed by atoms with E-state index in [9.17, 15) is 14.7 Å². The molecule has 1 aromatic rings. The normalized spacial score (nSPS) is 27.5. The Bertz CT molecular complexity index is 800. The van der Waals surface area contributed by atoms with Gasteiger partial charge in [-0.2, -0.15) is 0 Å². The monoisotopic (exact) mass is 443 g/mol. The Labute approximate surface area is 191 Å². The molecule has 0 saturated carbocycles. The summed E-state index contributed by atoms with van der Waals surface area (Å²) in [5, 5.41) is 10.2. The van der Waals surface area contributed by atoms with Crippen LogP contribution in [0.25, 0.3) is 0 Å². The Morgan fingerprint density at radius 1 is 1.03 bits per heavy atom. The number of hydrogen-bond donors (Lipinski definition) is 1. The maximum atomic E-state index is 13.1. The van der Waals surface area contributed by atoms with Gasteiger partial charge in [0.05, 0.1) is 12.5 Å². The van der Waals surface area contributed by atoms with Gasteiger partial charge in [0, 0.05) is 45.3 Å². The van der Waals surface area contributed by atoms with Gasteiger partial charge < -0.3 is 19.6 Å². The van der Waals surface area contributed by atoms with Gasteiger partial charge in [0.15, 0.2) is 0 Å². The van der Waals surface area contributed by atoms with Crippen molar-refractivity contribution in [1.29, 1.82) is 0 Å². The lowest BCUT2D eigenvalue weighted by Crippen LogP contribution is -2.56. The van der Waals surface area contributed by atoms with E-state index in [1.807, 2.05) is 23.1 Å². The quantitative estimate of drug-likeness (QED) is 0.758. The molecular formula is C25H37N3O4. The van der Waals surface area contributed by atoms with Gasteiger partial charge in [0.25, 0.3) is 0 Å². The Balaban J connectivity index is 1.46. The van der Waals surface area contributed by atoms with Crippen molar-refractivity contribution in [3.63, 3.8) is 0 Å². The minimum Gasteiger partial charge on any atom is -0.491 e. The Kier molecular flexibility index (Phi) is 7.36. The van der Waals surface area contributed by atoms with Gasteiger partial charge in [0.2, 0.25) is 11.8 Å². The highest BCUT2D eigenvalue weighted by Crippen LogP contribution is 2.37. The number of ether oxygens (including phenoxy) is 1. The van der Waals surface area contributed by atoms with Crippen molar-refractivity contribution in [2.45, 2.75) is 45.6 Å². The maximum Gasteiger partial charge on any atom is 0.229 e. The van der Waals surface area contributed by atoms with Crippen LogP contribution in [0.5, 0.6) is 5.75 Å². The number of hydrogen-bond acceptors (Lipinski definition) is 5. The summed E-state index contributed by atoms with van der Waals surface area (Å²) in [6.07, 6.45) is 4.97. The van der Waals surface area contributed by atoms with E-state index in [4.69, 9.17) is 4.74 Å². The molecule has 0 atom stereocenters. The highest BCUT2D eigenvalue weighted by atomic mass is 16.5. The third-order valence-corrected chi connectivity index (χ3v) is 7.61. The zero-order valence-corrected chi connectivity index (χ0v) is 19.3. The maximum absolute atomic E-state index is 13.1. The second-order valence-corrected chi connectivity index (χ2v) is 9.79. The summed E-state index contributed by atoms with van der Waals surface area (Å²) in [5.74, 6) is 0.958. The lowest BCUT2D eigenvalue weighted by molar-refractivity contribution is -0.147. The predicted octanol–water partition coefficient (Wildman–Crippen LogP) is 2.13. The molecule has 2 bridgehead atoms. The number of benzene rings is 1. The molecule has 0 unspecified atom stereocenters. The number of aliphatic hydroxyl groups excluding tert-OH is 1. The first kappa shape index (κ1) is 23.1. The molecule has 0 aliphatic carbocycles. The van der Waals surface area contributed by atoms with Crippen LogP contribution in [-0.2, 0) is 16.1 Å². The summed E-state index contributed by atoms with van der Waals surface area (Å²) in [4.78, 5) is 30.7. The number of piperidine rings is 1. The molecule has 2 amide bonds. The van der Waals surface area contributed by atoms with E-state index in [2.05, 4.69) is 11.0 Å². The molecule has 32 heavy (non-hydrogen) atoms. The number of carbonyl (C=O) groups is 2. The molecule has 4 aliphatic rings. The van der Waals surface area contributed by atoms with Crippen molar-refractivity contribution in [3.8, 4) is 5.75 Å². The van der Waals surface area contributed by atoms with Gasteiger partial charge >= 0.3 is 0 Å². The fraction of sp³-hybridized carbons (Fsp3) is 0.680. The summed E-state index contributed by atoms with van der Waals surface area (Å²) in [5.41, 5.74) is 1.19. The molecule has 7 nitrogen and oxygen atoms in total. The van der Waals surface area contributed by atoms with Crippen molar-refractivity contribution in [2.75, 3.05) is 52.5 Å². The van der Waals surface area contributed by atoms with Gasteiger partial charge in [-0.25, -0.2) is 0 Å². The van der Waals surface area contributed by atoms with E-state index in [1.54, 1.807) is 11.8 Å². The summed E-state index contributed by atoms with van der Waals surface area (Å²) >= 11 is 0. The first-order valence-corrected chi connectivity index (χ1v) is 12.1. The lowest BCUT2D eigenvalue weighted by Gasteiger charge is -2.41. The standard InChI is InChI=1S/C25H37N3O4/c1-20(30)28-17-22(18-28)24(31)27-11-5-4-8-25(19-29)9-12-26(13-10-25)16-21-6-2-3-7-23(21)32-15-14-27/h2-3,6-7,22,29H,4-5,8-19H2,1H3. The van der Waals surface area contributed by atoms with Gasteiger partial charge in [-0.15, -0.1) is 0 Å². The van der Waals surface area contributed by atoms with E-state index in [0.29, 0.717) is 32.8 Å². The SMILES string of the molecule is CC(=O)N1CC(C(=O)N2CCCCC3(CO)CCN(CC3)Cc3ccccc3OCC2)C1. The number of aliphatic hydroxyl groups is 1. The van der Waals surface area contributed by atoms with Crippen LogP contribution in [-0.4, -0.2) is 84.1 Å². The molecule has 5 rings (SSSR count). The van der Waals surface area contributed by atoms with Crippen LogP contribution in [0.4, 0.5) is 0 Å². The number of para-hydroxylation sites is 1. The number of amides is 2. The number of likely N-dealkylation sites (tertiary alicyclic amines) is 1. The number of carbonyl (C=O) groups excluding carboxylic acids is 2. The molecule has 7 heteroatoms. The average Bonchev–Trinajstić information content (AvgIpc) is 2.76. The smallest absolute Gasteiger partial charge is 0.229 e. The molecule has 4 heterocycles. The molecule has 2 fully saturated rings. The van der Waals surface area contributed by atoms with E-state index >= 15 is 0 Å². The van der Waals surface area contributed by atoms with Crippen molar-refractivity contribution >= 4 is 11.8 Å². The molecule has 176 valence electrons. The van der Waals surface area contributed by atoms with Crippen molar-refractivity contribution in [2.24, 2.45) is 11.3 Å². The Hall–Kier alpha value is -2.12. The molecule has 0 radical (unpaired) electrons. The van der Waals surface area contributed by atoms with Crippen molar-refractivity contribution < 1.29 is 19.4 Å². The van der Waals surface area contributed by atoms with Crippen LogP contribution in [0, 0.1) is 11.3 Å². The summed E-state index contributed by atoms with van der Waals surface area (Å²) in [6.45, 7) is 7.41. The van der Waals surface area contributed by atoms with Gasteiger partial charge in [-0.3, -0.25) is 14.5 Å². The molecule has 0 spiro atoms. The lowest BCUT2D eigenvalue weighted by atomic mass is 9.75. The first-order chi connectivity index (χ1) is 15.5. The molecule has 0 aromatic heterocycles. The number of rotatable bonds is 2. The molecule has 2 saturated heterocycles. The third-order valence-electron chi connectivity index (χ3n) is 7.61. The van der Waals surface area contributed by atoms with Crippen LogP contribution in [0.3, 0.4) is 0 Å². The fourth-order valence-electron chi connectivity index (χ4n) is 5.24. The van der Waals surface area contributed by atoms with Crippen LogP contribution in [0.2, 0.25) is 0 Å². The molecule has 1 N–H and O–H groups in total. The Morgan fingerprint density at radius 2 is 1.78 bits per heavy atom. The summed E-state index contributed by atoms with van der Waals surface area (Å²) in [7, 11) is 0. The van der Waals surface area contributed by atoms with Crippen LogP contribution < -0.4 is 4.74 Å². The van der Waals surface area contributed by atoms with Gasteiger partial charge in [0.1, 0.15) is 12.4 Å². The van der Waals surface area contributed by atoms with E-state index in [1.165, 1.54) is 5.56 Å². The number of nitrogens with zero attached hydrogens (tertiary/aromatic N) is 3. The molecular weight excluding hydrogens is 406 g/mol. The molecule has 1 aromatic carbocycles. The van der Waals surface area contributed by atoms with Gasteiger partial charge in [-0.05, 0) is 50.3 Å². The second-order valence-electron chi connectivity index (χ2n) is 9.79. The third kappa shape index (κ3) is 5.26. The number of fused-ring (bicyclic) bond motifs is 9. The highest BCUT2D eigenvalue weighted by Gasteiger charge is 2.37. The van der Waals surface area contributed by atoms with E-state index in [0.717, 1.165) is 57.5 Å². The summed E-state index contributed by atoms with van der Waals surface area (Å²) in [6, 6.07) is 8.17. The van der Waals surface area contributed by atoms with Crippen LogP contribution in [0.1, 0.15) is 44.6 Å².